The van der Waals surface area contributed by atoms with Gasteiger partial charge in [0.05, 0.1) is 18.7 Å². The van der Waals surface area contributed by atoms with E-state index in [2.05, 4.69) is 16.4 Å². The van der Waals surface area contributed by atoms with E-state index in [1.165, 1.54) is 7.11 Å². The molecule has 0 radical (unpaired) electrons. The molecule has 2 heterocycles. The third kappa shape index (κ3) is 4.49. The van der Waals surface area contributed by atoms with Crippen molar-refractivity contribution >= 4 is 34.0 Å². The molecule has 31 heavy (non-hydrogen) atoms. The number of hydrogen-bond acceptors (Lipinski definition) is 5. The molecular weight excluding hydrogens is 392 g/mol. The zero-order valence-corrected chi connectivity index (χ0v) is 17.3. The molecule has 0 amide bonds. The number of benzene rings is 2. The first kappa shape index (κ1) is 20.8. The third-order valence-electron chi connectivity index (χ3n) is 5.67. The van der Waals surface area contributed by atoms with Crippen LogP contribution in [0.2, 0.25) is 0 Å². The molecule has 158 valence electrons. The van der Waals surface area contributed by atoms with E-state index in [1.807, 2.05) is 30.3 Å². The summed E-state index contributed by atoms with van der Waals surface area (Å²) in [6, 6.07) is 14.8. The van der Waals surface area contributed by atoms with Gasteiger partial charge in [0.15, 0.2) is 11.6 Å². The number of methoxy groups -OCH3 is 1. The van der Waals surface area contributed by atoms with Crippen LogP contribution in [-0.4, -0.2) is 42.2 Å². The average molecular weight is 416 g/mol. The Kier molecular flexibility index (Phi) is 6.09. The smallest absolute Gasteiger partial charge is 0.337 e. The summed E-state index contributed by atoms with van der Waals surface area (Å²) in [7, 11) is 1.32. The van der Waals surface area contributed by atoms with Gasteiger partial charge in [0.25, 0.3) is 0 Å². The predicted octanol–water partition coefficient (Wildman–Crippen LogP) is 3.93. The highest BCUT2D eigenvalue weighted by Gasteiger charge is 2.24. The molecule has 1 aliphatic heterocycles. The van der Waals surface area contributed by atoms with E-state index in [0.717, 1.165) is 16.7 Å². The summed E-state index contributed by atoms with van der Waals surface area (Å²) in [5.74, 6) is -0.552. The number of carbonyl (C=O) groups excluding carboxylic acids is 3. The Morgan fingerprint density at radius 1 is 1.06 bits per heavy atom. The maximum absolute atomic E-state index is 12.8. The molecule has 0 saturated heterocycles. The van der Waals surface area contributed by atoms with Gasteiger partial charge >= 0.3 is 5.97 Å². The number of aromatic amines is 1. The molecule has 1 aliphatic rings. The lowest BCUT2D eigenvalue weighted by Crippen LogP contribution is -2.39. The fourth-order valence-electron chi connectivity index (χ4n) is 3.96. The van der Waals surface area contributed by atoms with Crippen molar-refractivity contribution in [2.24, 2.45) is 0 Å². The Hall–Kier alpha value is -3.51. The molecule has 0 spiro atoms. The number of ether oxygens (including phenoxy) is 1. The Labute approximate surface area is 180 Å². The van der Waals surface area contributed by atoms with Gasteiger partial charge < -0.3 is 15.0 Å². The summed E-state index contributed by atoms with van der Waals surface area (Å²) in [6.07, 6.45) is 4.65. The molecule has 1 atom stereocenters. The van der Waals surface area contributed by atoms with Crippen molar-refractivity contribution in [1.29, 1.82) is 0 Å². The lowest BCUT2D eigenvalue weighted by molar-refractivity contribution is -0.120. The van der Waals surface area contributed by atoms with Gasteiger partial charge in [0, 0.05) is 42.0 Å². The van der Waals surface area contributed by atoms with Crippen LogP contribution in [0.4, 0.5) is 0 Å². The van der Waals surface area contributed by atoms with Crippen LogP contribution in [0.3, 0.4) is 0 Å². The van der Waals surface area contributed by atoms with Gasteiger partial charge in [-0.1, -0.05) is 36.4 Å². The summed E-state index contributed by atoms with van der Waals surface area (Å²) in [5, 5.41) is 3.90. The van der Waals surface area contributed by atoms with Crippen LogP contribution in [0, 0.1) is 0 Å². The largest absolute Gasteiger partial charge is 0.465 e. The fraction of sp³-hybridized carbons (Fsp3) is 0.240. The molecule has 6 nitrogen and oxygen atoms in total. The topological polar surface area (TPSA) is 88.3 Å². The molecule has 6 heteroatoms. The van der Waals surface area contributed by atoms with Crippen molar-refractivity contribution in [3.05, 3.63) is 77.5 Å². The Balaban J connectivity index is 1.41. The standard InChI is InChI=1S/C25H24N2O4/c1-31-25(30)18-7-8-21-19(13-18)20(15-27-21)23(28)9-10-24(29)22-14-17(11-12-26-22)16-5-3-2-4-6-16/h2-8,11,13,15,22,26-27H,9-10,12,14H2,1H3. The molecule has 4 rings (SSSR count). The van der Waals surface area contributed by atoms with Crippen molar-refractivity contribution in [3.63, 3.8) is 0 Å². The van der Waals surface area contributed by atoms with E-state index in [9.17, 15) is 14.4 Å². The van der Waals surface area contributed by atoms with Crippen molar-refractivity contribution < 1.29 is 19.1 Å². The molecule has 0 fully saturated rings. The minimum atomic E-state index is -0.456. The lowest BCUT2D eigenvalue weighted by Gasteiger charge is -2.23. The molecule has 1 unspecified atom stereocenters. The fourth-order valence-corrected chi connectivity index (χ4v) is 3.96. The minimum absolute atomic E-state index is 0.0324. The molecule has 2 aromatic carbocycles. The highest BCUT2D eigenvalue weighted by atomic mass is 16.5. The van der Waals surface area contributed by atoms with E-state index < -0.39 is 5.97 Å². The Morgan fingerprint density at radius 2 is 1.87 bits per heavy atom. The zero-order valence-electron chi connectivity index (χ0n) is 17.3. The first-order chi connectivity index (χ1) is 15.1. The molecule has 1 aromatic heterocycles. The quantitative estimate of drug-likeness (QED) is 0.450. The van der Waals surface area contributed by atoms with Gasteiger partial charge in [-0.25, -0.2) is 4.79 Å². The van der Waals surface area contributed by atoms with E-state index in [1.54, 1.807) is 24.4 Å². The van der Waals surface area contributed by atoms with Crippen LogP contribution in [0.5, 0.6) is 0 Å². The first-order valence-electron chi connectivity index (χ1n) is 10.3. The second kappa shape index (κ2) is 9.10. The van der Waals surface area contributed by atoms with E-state index in [0.29, 0.717) is 29.5 Å². The highest BCUT2D eigenvalue weighted by Crippen LogP contribution is 2.25. The second-order valence-corrected chi connectivity index (χ2v) is 7.60. The molecule has 0 aliphatic carbocycles. The number of ketones is 2. The Bertz CT molecular complexity index is 1160. The maximum atomic E-state index is 12.8. The van der Waals surface area contributed by atoms with E-state index in [-0.39, 0.29) is 30.4 Å². The number of rotatable bonds is 7. The van der Waals surface area contributed by atoms with Crippen molar-refractivity contribution in [1.82, 2.24) is 10.3 Å². The van der Waals surface area contributed by atoms with Crippen molar-refractivity contribution in [2.75, 3.05) is 13.7 Å². The molecule has 0 bridgehead atoms. The Morgan fingerprint density at radius 3 is 2.65 bits per heavy atom. The normalized spacial score (nSPS) is 16.0. The summed E-state index contributed by atoms with van der Waals surface area (Å²) < 4.78 is 4.76. The van der Waals surface area contributed by atoms with Crippen LogP contribution >= 0.6 is 0 Å². The van der Waals surface area contributed by atoms with Crippen LogP contribution in [0.1, 0.15) is 45.5 Å². The number of nitrogens with one attached hydrogen (secondary N) is 2. The molecule has 2 N–H and O–H groups in total. The number of carbonyl (C=O) groups is 3. The number of esters is 1. The van der Waals surface area contributed by atoms with Gasteiger partial charge in [-0.05, 0) is 35.8 Å². The van der Waals surface area contributed by atoms with Crippen LogP contribution in [0.15, 0.2) is 60.8 Å². The van der Waals surface area contributed by atoms with Crippen LogP contribution in [-0.2, 0) is 9.53 Å². The number of fused-ring (bicyclic) bond motifs is 1. The number of hydrogen-bond donors (Lipinski definition) is 2. The average Bonchev–Trinajstić information content (AvgIpc) is 3.26. The van der Waals surface area contributed by atoms with Crippen LogP contribution in [0.25, 0.3) is 16.5 Å². The second-order valence-electron chi connectivity index (χ2n) is 7.60. The summed E-state index contributed by atoms with van der Waals surface area (Å²) in [6.45, 7) is 0.632. The van der Waals surface area contributed by atoms with Crippen molar-refractivity contribution in [2.45, 2.75) is 25.3 Å². The zero-order chi connectivity index (χ0) is 21.8. The first-order valence-corrected chi connectivity index (χ1v) is 10.3. The summed E-state index contributed by atoms with van der Waals surface area (Å²) in [5.41, 5.74) is 3.89. The SMILES string of the molecule is COC(=O)c1ccc2[nH]cc(C(=O)CCC(=O)C3CC(c4ccccc4)=CCN3)c2c1. The summed E-state index contributed by atoms with van der Waals surface area (Å²) >= 11 is 0. The van der Waals surface area contributed by atoms with Gasteiger partial charge in [0.2, 0.25) is 0 Å². The van der Waals surface area contributed by atoms with Crippen molar-refractivity contribution in [3.8, 4) is 0 Å². The lowest BCUT2D eigenvalue weighted by atomic mass is 9.91. The van der Waals surface area contributed by atoms with Gasteiger partial charge in [0.1, 0.15) is 0 Å². The molecule has 0 saturated carbocycles. The predicted molar refractivity (Wildman–Crippen MR) is 119 cm³/mol. The minimum Gasteiger partial charge on any atom is -0.465 e. The van der Waals surface area contributed by atoms with E-state index >= 15 is 0 Å². The maximum Gasteiger partial charge on any atom is 0.337 e. The van der Waals surface area contributed by atoms with Crippen LogP contribution < -0.4 is 5.32 Å². The molecule has 3 aromatic rings. The summed E-state index contributed by atoms with van der Waals surface area (Å²) in [4.78, 5) is 40.5. The molecular formula is C25H24N2O4. The van der Waals surface area contributed by atoms with Gasteiger partial charge in [-0.2, -0.15) is 0 Å². The monoisotopic (exact) mass is 416 g/mol. The van der Waals surface area contributed by atoms with E-state index in [4.69, 9.17) is 4.74 Å². The number of aromatic nitrogens is 1. The van der Waals surface area contributed by atoms with Gasteiger partial charge in [-0.15, -0.1) is 0 Å². The third-order valence-corrected chi connectivity index (χ3v) is 5.67. The van der Waals surface area contributed by atoms with Gasteiger partial charge in [-0.3, -0.25) is 9.59 Å². The highest BCUT2D eigenvalue weighted by molar-refractivity contribution is 6.10. The number of Topliss-reactive ketones (excluding diaryl/α,β-unsaturated/α-hetero) is 2. The number of H-pyrrole nitrogens is 1.